The standard InChI is InChI=1S/C12H17N5O2S/c1-6(2)10-14-12(16-15-10)20-8(4)11(18)13-9-5-7(3)19-17-9/h5-6,8H,1-4H3,(H,13,17,18)(H,14,15,16)/t8-/m0/s1. The number of anilines is 1. The molecule has 0 aliphatic carbocycles. The van der Waals surface area contributed by atoms with E-state index in [1.807, 2.05) is 13.8 Å². The number of hydrogen-bond donors (Lipinski definition) is 2. The number of thioether (sulfide) groups is 1. The molecule has 0 unspecified atom stereocenters. The summed E-state index contributed by atoms with van der Waals surface area (Å²) < 4.78 is 4.89. The highest BCUT2D eigenvalue weighted by atomic mass is 32.2. The van der Waals surface area contributed by atoms with Gasteiger partial charge in [0.25, 0.3) is 0 Å². The van der Waals surface area contributed by atoms with Gasteiger partial charge in [0.1, 0.15) is 11.6 Å². The first-order valence-corrected chi connectivity index (χ1v) is 7.17. The van der Waals surface area contributed by atoms with Gasteiger partial charge in [-0.1, -0.05) is 30.8 Å². The van der Waals surface area contributed by atoms with Gasteiger partial charge in [0.05, 0.1) is 5.25 Å². The van der Waals surface area contributed by atoms with E-state index in [1.54, 1.807) is 19.9 Å². The summed E-state index contributed by atoms with van der Waals surface area (Å²) in [7, 11) is 0. The molecule has 0 bridgehead atoms. The van der Waals surface area contributed by atoms with E-state index in [2.05, 4.69) is 25.7 Å². The molecule has 2 rings (SSSR count). The summed E-state index contributed by atoms with van der Waals surface area (Å²) in [5.74, 6) is 1.99. The average molecular weight is 295 g/mol. The number of aryl methyl sites for hydroxylation is 1. The van der Waals surface area contributed by atoms with Gasteiger partial charge in [0, 0.05) is 12.0 Å². The third kappa shape index (κ3) is 3.60. The number of carbonyl (C=O) groups excluding carboxylic acids is 1. The molecule has 0 radical (unpaired) electrons. The first kappa shape index (κ1) is 14.6. The first-order chi connectivity index (χ1) is 9.45. The van der Waals surface area contributed by atoms with Crippen LogP contribution in [0.25, 0.3) is 0 Å². The van der Waals surface area contributed by atoms with E-state index in [1.165, 1.54) is 11.8 Å². The van der Waals surface area contributed by atoms with E-state index in [0.717, 1.165) is 5.82 Å². The van der Waals surface area contributed by atoms with Crippen LogP contribution in [0.1, 0.15) is 38.3 Å². The number of nitrogens with one attached hydrogen (secondary N) is 2. The lowest BCUT2D eigenvalue weighted by atomic mass is 10.2. The van der Waals surface area contributed by atoms with Gasteiger partial charge in [0.15, 0.2) is 5.82 Å². The molecule has 0 fully saturated rings. The Balaban J connectivity index is 1.93. The Hall–Kier alpha value is -1.83. The number of amides is 1. The Kier molecular flexibility index (Phi) is 4.43. The highest BCUT2D eigenvalue weighted by molar-refractivity contribution is 8.00. The lowest BCUT2D eigenvalue weighted by Crippen LogP contribution is -2.22. The summed E-state index contributed by atoms with van der Waals surface area (Å²) >= 11 is 1.29. The summed E-state index contributed by atoms with van der Waals surface area (Å²) in [5.41, 5.74) is 0. The van der Waals surface area contributed by atoms with Crippen LogP contribution in [0.3, 0.4) is 0 Å². The summed E-state index contributed by atoms with van der Waals surface area (Å²) in [4.78, 5) is 16.3. The van der Waals surface area contributed by atoms with Crippen LogP contribution < -0.4 is 5.32 Å². The molecular formula is C12H17N5O2S. The second kappa shape index (κ2) is 6.08. The molecule has 7 nitrogen and oxygen atoms in total. The van der Waals surface area contributed by atoms with Crippen LogP contribution in [0.2, 0.25) is 0 Å². The number of aromatic nitrogens is 4. The molecule has 20 heavy (non-hydrogen) atoms. The van der Waals surface area contributed by atoms with Crippen LogP contribution in [0.4, 0.5) is 5.82 Å². The maximum absolute atomic E-state index is 12.0. The molecule has 0 saturated carbocycles. The van der Waals surface area contributed by atoms with Crippen molar-refractivity contribution in [3.63, 3.8) is 0 Å². The Morgan fingerprint density at radius 3 is 2.75 bits per heavy atom. The van der Waals surface area contributed by atoms with Crippen molar-refractivity contribution in [1.29, 1.82) is 0 Å². The molecule has 0 aliphatic heterocycles. The Morgan fingerprint density at radius 2 is 2.20 bits per heavy atom. The first-order valence-electron chi connectivity index (χ1n) is 6.29. The van der Waals surface area contributed by atoms with Crippen molar-refractivity contribution >= 4 is 23.5 Å². The van der Waals surface area contributed by atoms with Gasteiger partial charge in [-0.25, -0.2) is 4.98 Å². The van der Waals surface area contributed by atoms with Gasteiger partial charge >= 0.3 is 0 Å². The fraction of sp³-hybridized carbons (Fsp3) is 0.500. The fourth-order valence-electron chi connectivity index (χ4n) is 1.43. The topological polar surface area (TPSA) is 96.7 Å². The molecule has 8 heteroatoms. The molecule has 1 amide bonds. The van der Waals surface area contributed by atoms with Gasteiger partial charge in [-0.15, -0.1) is 5.10 Å². The van der Waals surface area contributed by atoms with Gasteiger partial charge in [-0.2, -0.15) is 0 Å². The number of hydrogen-bond acceptors (Lipinski definition) is 6. The van der Waals surface area contributed by atoms with Crippen molar-refractivity contribution in [3.8, 4) is 0 Å². The third-order valence-electron chi connectivity index (χ3n) is 2.56. The molecule has 0 spiro atoms. The third-order valence-corrected chi connectivity index (χ3v) is 3.52. The molecule has 2 N–H and O–H groups in total. The summed E-state index contributed by atoms with van der Waals surface area (Å²) in [6, 6.07) is 1.67. The minimum absolute atomic E-state index is 0.167. The van der Waals surface area contributed by atoms with Crippen molar-refractivity contribution in [2.75, 3.05) is 5.32 Å². The molecule has 1 atom stereocenters. The van der Waals surface area contributed by atoms with Crippen molar-refractivity contribution in [3.05, 3.63) is 17.7 Å². The highest BCUT2D eigenvalue weighted by Crippen LogP contribution is 2.22. The van der Waals surface area contributed by atoms with Gasteiger partial charge in [-0.3, -0.25) is 9.89 Å². The van der Waals surface area contributed by atoms with Crippen LogP contribution in [0.15, 0.2) is 15.7 Å². The monoisotopic (exact) mass is 295 g/mol. The van der Waals surface area contributed by atoms with Crippen molar-refractivity contribution < 1.29 is 9.32 Å². The van der Waals surface area contributed by atoms with Crippen LogP contribution >= 0.6 is 11.8 Å². The van der Waals surface area contributed by atoms with Crippen molar-refractivity contribution in [2.45, 2.75) is 44.0 Å². The van der Waals surface area contributed by atoms with Gasteiger partial charge in [-0.05, 0) is 13.8 Å². The summed E-state index contributed by atoms with van der Waals surface area (Å²) in [6.07, 6.45) is 0. The fourth-order valence-corrected chi connectivity index (χ4v) is 2.17. The van der Waals surface area contributed by atoms with Gasteiger partial charge in [0.2, 0.25) is 11.1 Å². The SMILES string of the molecule is Cc1cc(NC(=O)[C@H](C)Sc2n[nH]c(C(C)C)n2)no1. The van der Waals surface area contributed by atoms with Crippen molar-refractivity contribution in [1.82, 2.24) is 20.3 Å². The number of rotatable bonds is 5. The number of H-pyrrole nitrogens is 1. The zero-order valence-electron chi connectivity index (χ0n) is 11.8. The molecule has 2 aromatic rings. The second-order valence-corrected chi connectivity index (χ2v) is 6.04. The zero-order chi connectivity index (χ0) is 14.7. The normalized spacial score (nSPS) is 12.7. The predicted molar refractivity (Wildman–Crippen MR) is 75.7 cm³/mol. The number of nitrogens with zero attached hydrogens (tertiary/aromatic N) is 3. The maximum atomic E-state index is 12.0. The van der Waals surface area contributed by atoms with E-state index in [9.17, 15) is 4.79 Å². The van der Waals surface area contributed by atoms with E-state index in [0.29, 0.717) is 16.7 Å². The smallest absolute Gasteiger partial charge is 0.238 e. The van der Waals surface area contributed by atoms with Crippen LogP contribution in [0, 0.1) is 6.92 Å². The van der Waals surface area contributed by atoms with E-state index >= 15 is 0 Å². The lowest BCUT2D eigenvalue weighted by molar-refractivity contribution is -0.115. The summed E-state index contributed by atoms with van der Waals surface area (Å²) in [6.45, 7) is 7.61. The molecule has 2 heterocycles. The minimum Gasteiger partial charge on any atom is -0.360 e. The van der Waals surface area contributed by atoms with Crippen LogP contribution in [0.5, 0.6) is 0 Å². The molecule has 0 aromatic carbocycles. The maximum Gasteiger partial charge on any atom is 0.238 e. The van der Waals surface area contributed by atoms with Crippen LogP contribution in [-0.2, 0) is 4.79 Å². The van der Waals surface area contributed by atoms with Crippen LogP contribution in [-0.4, -0.2) is 31.5 Å². The van der Waals surface area contributed by atoms with E-state index < -0.39 is 0 Å². The minimum atomic E-state index is -0.331. The average Bonchev–Trinajstić information content (AvgIpc) is 2.98. The van der Waals surface area contributed by atoms with Gasteiger partial charge < -0.3 is 9.84 Å². The van der Waals surface area contributed by atoms with Crippen molar-refractivity contribution in [2.24, 2.45) is 0 Å². The molecule has 108 valence electrons. The van der Waals surface area contributed by atoms with E-state index in [4.69, 9.17) is 4.52 Å². The quantitative estimate of drug-likeness (QED) is 0.822. The Bertz CT molecular complexity index is 592. The molecule has 0 saturated heterocycles. The lowest BCUT2D eigenvalue weighted by Gasteiger charge is -2.07. The molecule has 0 aliphatic rings. The predicted octanol–water partition coefficient (Wildman–Crippen LogP) is 2.34. The highest BCUT2D eigenvalue weighted by Gasteiger charge is 2.18. The Morgan fingerprint density at radius 1 is 1.45 bits per heavy atom. The largest absolute Gasteiger partial charge is 0.360 e. The molecule has 2 aromatic heterocycles. The van der Waals surface area contributed by atoms with E-state index in [-0.39, 0.29) is 17.1 Å². The second-order valence-electron chi connectivity index (χ2n) is 4.73. The number of aromatic amines is 1. The number of carbonyl (C=O) groups is 1. The summed E-state index contributed by atoms with van der Waals surface area (Å²) in [5, 5.41) is 13.6. The Labute approximate surface area is 120 Å². The zero-order valence-corrected chi connectivity index (χ0v) is 12.6. The molecular weight excluding hydrogens is 278 g/mol.